The van der Waals surface area contributed by atoms with E-state index in [0.29, 0.717) is 21.9 Å². The molecule has 1 atom stereocenters. The summed E-state index contributed by atoms with van der Waals surface area (Å²) < 4.78 is 52.4. The van der Waals surface area contributed by atoms with E-state index in [1.807, 2.05) is 0 Å². The van der Waals surface area contributed by atoms with Crippen LogP contribution < -0.4 is 5.32 Å². The number of hydrogen-bond donors (Lipinski definition) is 1. The van der Waals surface area contributed by atoms with Gasteiger partial charge in [0.25, 0.3) is 5.91 Å². The molecule has 12 heteroatoms. The van der Waals surface area contributed by atoms with Crippen molar-refractivity contribution in [1.29, 1.82) is 0 Å². The molecule has 0 aliphatic carbocycles. The van der Waals surface area contributed by atoms with Crippen LogP contribution in [0.25, 0.3) is 10.8 Å². The number of rotatable bonds is 6. The topological polar surface area (TPSA) is 84.8 Å². The van der Waals surface area contributed by atoms with Crippen molar-refractivity contribution < 1.29 is 26.8 Å². The molecule has 0 saturated carbocycles. The molecule has 6 nitrogen and oxygen atoms in total. The molecule has 1 N–H and O–H groups in total. The van der Waals surface area contributed by atoms with Gasteiger partial charge in [-0.05, 0) is 46.6 Å². The van der Waals surface area contributed by atoms with Crippen molar-refractivity contribution >= 4 is 67.0 Å². The Labute approximate surface area is 226 Å². The Bertz CT molecular complexity index is 1530. The summed E-state index contributed by atoms with van der Waals surface area (Å²) in [6, 6.07) is 14.2. The SMILES string of the molecule is O=C(NCC1CS(=O)(=O)C1)c1ccc(C2=NOC(c3cc(Cl)cc(Cl)c3)(C(F)(F)Cl)C2)c2ccccc12. The highest BCUT2D eigenvalue weighted by Gasteiger charge is 2.60. The number of nitrogens with one attached hydrogen (secondary N) is 1. The third-order valence-electron chi connectivity index (χ3n) is 6.53. The molecular formula is C25H19Cl3F2N2O4S. The highest BCUT2D eigenvalue weighted by atomic mass is 35.5. The zero-order chi connectivity index (χ0) is 26.6. The molecule has 0 bridgehead atoms. The molecule has 1 amide bonds. The predicted octanol–water partition coefficient (Wildman–Crippen LogP) is 5.77. The van der Waals surface area contributed by atoms with Crippen LogP contribution in [0.2, 0.25) is 10.0 Å². The molecule has 2 aliphatic rings. The van der Waals surface area contributed by atoms with Crippen LogP contribution in [-0.4, -0.2) is 43.5 Å². The molecule has 1 unspecified atom stereocenters. The van der Waals surface area contributed by atoms with Crippen molar-refractivity contribution in [2.45, 2.75) is 17.4 Å². The van der Waals surface area contributed by atoms with Crippen LogP contribution in [0.3, 0.4) is 0 Å². The van der Waals surface area contributed by atoms with Gasteiger partial charge in [-0.2, -0.15) is 8.78 Å². The third kappa shape index (κ3) is 4.90. The van der Waals surface area contributed by atoms with Crippen molar-refractivity contribution in [2.75, 3.05) is 18.1 Å². The Morgan fingerprint density at radius 2 is 1.73 bits per heavy atom. The second-order valence-corrected chi connectivity index (χ2v) is 12.6. The minimum absolute atomic E-state index is 0.0259. The number of fused-ring (bicyclic) bond motifs is 1. The molecule has 1 saturated heterocycles. The van der Waals surface area contributed by atoms with Gasteiger partial charge < -0.3 is 10.2 Å². The predicted molar refractivity (Wildman–Crippen MR) is 140 cm³/mol. The molecule has 1 fully saturated rings. The van der Waals surface area contributed by atoms with Gasteiger partial charge in [-0.25, -0.2) is 8.42 Å². The molecule has 3 aromatic rings. The van der Waals surface area contributed by atoms with Crippen LogP contribution in [0, 0.1) is 5.92 Å². The maximum atomic E-state index is 14.8. The lowest BCUT2D eigenvalue weighted by Gasteiger charge is -2.31. The number of hydrogen-bond acceptors (Lipinski definition) is 5. The smallest absolute Gasteiger partial charge is 0.367 e. The third-order valence-corrected chi connectivity index (χ3v) is 9.23. The highest BCUT2D eigenvalue weighted by Crippen LogP contribution is 2.51. The van der Waals surface area contributed by atoms with Crippen molar-refractivity contribution in [1.82, 2.24) is 5.32 Å². The Balaban J connectivity index is 1.46. The zero-order valence-corrected chi connectivity index (χ0v) is 22.1. The molecule has 5 rings (SSSR count). The number of oxime groups is 1. The number of benzene rings is 3. The first-order chi connectivity index (χ1) is 17.4. The summed E-state index contributed by atoms with van der Waals surface area (Å²) in [5.41, 5.74) is -1.32. The Morgan fingerprint density at radius 1 is 1.08 bits per heavy atom. The number of sulfone groups is 1. The van der Waals surface area contributed by atoms with E-state index in [1.54, 1.807) is 36.4 Å². The Kier molecular flexibility index (Phi) is 6.63. The second-order valence-electron chi connectivity index (χ2n) is 9.15. The largest absolute Gasteiger partial charge is 0.376 e. The van der Waals surface area contributed by atoms with Gasteiger partial charge in [0.05, 0.1) is 17.2 Å². The summed E-state index contributed by atoms with van der Waals surface area (Å²) in [7, 11) is -2.99. The van der Waals surface area contributed by atoms with Crippen molar-refractivity contribution in [3.63, 3.8) is 0 Å². The monoisotopic (exact) mass is 586 g/mol. The summed E-state index contributed by atoms with van der Waals surface area (Å²) in [5, 5.41) is 4.36. The summed E-state index contributed by atoms with van der Waals surface area (Å²) in [6.07, 6.45) is -0.383. The van der Waals surface area contributed by atoms with Gasteiger partial charge in [0.1, 0.15) is 0 Å². The number of carbonyl (C=O) groups is 1. The van der Waals surface area contributed by atoms with Crippen LogP contribution in [0.5, 0.6) is 0 Å². The maximum Gasteiger partial charge on any atom is 0.367 e. The zero-order valence-electron chi connectivity index (χ0n) is 19.0. The van der Waals surface area contributed by atoms with Gasteiger partial charge in [-0.15, -0.1) is 0 Å². The molecule has 0 radical (unpaired) electrons. The first-order valence-electron chi connectivity index (χ1n) is 11.2. The lowest BCUT2D eigenvalue weighted by molar-refractivity contribution is -0.155. The molecule has 0 aromatic heterocycles. The van der Waals surface area contributed by atoms with Gasteiger partial charge in [0.15, 0.2) is 9.84 Å². The average Bonchev–Trinajstić information content (AvgIpc) is 3.27. The molecule has 2 aliphatic heterocycles. The molecule has 37 heavy (non-hydrogen) atoms. The van der Waals surface area contributed by atoms with Crippen LogP contribution in [0.15, 0.2) is 59.8 Å². The van der Waals surface area contributed by atoms with E-state index >= 15 is 0 Å². The highest BCUT2D eigenvalue weighted by molar-refractivity contribution is 7.92. The van der Waals surface area contributed by atoms with Gasteiger partial charge in [-0.1, -0.05) is 58.7 Å². The lowest BCUT2D eigenvalue weighted by atomic mass is 9.85. The fraction of sp³-hybridized carbons (Fsp3) is 0.280. The Morgan fingerprint density at radius 3 is 2.35 bits per heavy atom. The van der Waals surface area contributed by atoms with Crippen LogP contribution in [-0.2, 0) is 20.3 Å². The normalized spacial score (nSPS) is 21.3. The van der Waals surface area contributed by atoms with Crippen LogP contribution >= 0.6 is 34.8 Å². The standard InChI is InChI=1S/C25H19Cl3F2N2O4S/c26-16-7-15(8-17(27)9-16)24(25(28,29)30)10-22(32-36-24)20-5-6-21(19-4-2-1-3-18(19)20)23(33)31-11-14-12-37(34,35)13-14/h1-9,14H,10-13H2,(H,31,33). The molecule has 194 valence electrons. The molecule has 2 heterocycles. The summed E-state index contributed by atoms with van der Waals surface area (Å²) in [4.78, 5) is 18.3. The molecule has 0 spiro atoms. The summed E-state index contributed by atoms with van der Waals surface area (Å²) in [6.45, 7) is 0.240. The van der Waals surface area contributed by atoms with Crippen molar-refractivity contribution in [2.24, 2.45) is 11.1 Å². The Hall–Kier alpha value is -2.46. The summed E-state index contributed by atoms with van der Waals surface area (Å²) in [5.74, 6) is -0.378. The minimum atomic E-state index is -3.86. The van der Waals surface area contributed by atoms with Crippen molar-refractivity contribution in [3.05, 3.63) is 81.3 Å². The number of halogens is 5. The van der Waals surface area contributed by atoms with Gasteiger partial charge in [0.2, 0.25) is 5.60 Å². The first kappa shape index (κ1) is 26.2. The fourth-order valence-corrected chi connectivity index (χ4v) is 7.01. The van der Waals surface area contributed by atoms with Crippen LogP contribution in [0.4, 0.5) is 8.78 Å². The van der Waals surface area contributed by atoms with Crippen LogP contribution in [0.1, 0.15) is 27.9 Å². The quantitative estimate of drug-likeness (QED) is 0.371. The summed E-state index contributed by atoms with van der Waals surface area (Å²) >= 11 is 17.7. The van der Waals surface area contributed by atoms with Crippen molar-refractivity contribution in [3.8, 4) is 0 Å². The van der Waals surface area contributed by atoms with Gasteiger partial charge in [-0.3, -0.25) is 4.79 Å². The number of carbonyl (C=O) groups excluding carboxylic acids is 1. The number of nitrogens with zero attached hydrogens (tertiary/aromatic N) is 1. The molecule has 3 aromatic carbocycles. The molecular weight excluding hydrogens is 569 g/mol. The van der Waals surface area contributed by atoms with E-state index in [1.165, 1.54) is 18.2 Å². The number of alkyl halides is 3. The van der Waals surface area contributed by atoms with Gasteiger partial charge in [0, 0.05) is 45.6 Å². The van der Waals surface area contributed by atoms with E-state index in [-0.39, 0.29) is 57.6 Å². The maximum absolute atomic E-state index is 14.8. The average molecular weight is 588 g/mol. The lowest BCUT2D eigenvalue weighted by Crippen LogP contribution is -2.44. The van der Waals surface area contributed by atoms with E-state index in [0.717, 1.165) is 0 Å². The minimum Gasteiger partial charge on any atom is -0.376 e. The van der Waals surface area contributed by atoms with Gasteiger partial charge >= 0.3 is 5.38 Å². The van der Waals surface area contributed by atoms with E-state index < -0.39 is 20.8 Å². The first-order valence-corrected chi connectivity index (χ1v) is 14.1. The van der Waals surface area contributed by atoms with E-state index in [4.69, 9.17) is 39.6 Å². The van der Waals surface area contributed by atoms with E-state index in [2.05, 4.69) is 10.5 Å². The number of amides is 1. The van der Waals surface area contributed by atoms with E-state index in [9.17, 15) is 22.0 Å². The fourth-order valence-electron chi connectivity index (χ4n) is 4.70. The second kappa shape index (κ2) is 9.38.